The van der Waals surface area contributed by atoms with Crippen LogP contribution >= 0.6 is 12.2 Å². The summed E-state index contributed by atoms with van der Waals surface area (Å²) in [5.74, 6) is 3.12. The van der Waals surface area contributed by atoms with Gasteiger partial charge in [-0.1, -0.05) is 6.42 Å². The van der Waals surface area contributed by atoms with Crippen molar-refractivity contribution in [1.29, 1.82) is 0 Å². The van der Waals surface area contributed by atoms with Gasteiger partial charge >= 0.3 is 0 Å². The summed E-state index contributed by atoms with van der Waals surface area (Å²) in [5.41, 5.74) is 0. The van der Waals surface area contributed by atoms with Gasteiger partial charge in [0.1, 0.15) is 0 Å². The second-order valence-corrected chi connectivity index (χ2v) is 6.31. The maximum absolute atomic E-state index is 5.25. The first-order valence-electron chi connectivity index (χ1n) is 6.85. The molecular formula is C13H22N2S. The lowest BCUT2D eigenvalue weighted by molar-refractivity contribution is 0.315. The lowest BCUT2D eigenvalue weighted by atomic mass is 9.86. The minimum absolute atomic E-state index is 0.683. The standard InChI is InChI=1S/C13H22N2S/c16-13(15-12-3-4-12)14-6-5-11-8-9-1-2-10(11)7-9/h9-12H,1-8H2,(H2,14,15,16)/t9-,10-,11-/m0/s1. The van der Waals surface area contributed by atoms with Crippen molar-refractivity contribution in [2.45, 2.75) is 51.0 Å². The van der Waals surface area contributed by atoms with Gasteiger partial charge in [-0.25, -0.2) is 0 Å². The van der Waals surface area contributed by atoms with E-state index in [4.69, 9.17) is 12.2 Å². The fourth-order valence-electron chi connectivity index (χ4n) is 3.57. The van der Waals surface area contributed by atoms with Crippen molar-refractivity contribution in [3.63, 3.8) is 0 Å². The van der Waals surface area contributed by atoms with Crippen LogP contribution in [0.15, 0.2) is 0 Å². The molecule has 0 radical (unpaired) electrons. The largest absolute Gasteiger partial charge is 0.363 e. The van der Waals surface area contributed by atoms with Crippen molar-refractivity contribution >= 4 is 17.3 Å². The summed E-state index contributed by atoms with van der Waals surface area (Å²) >= 11 is 5.25. The van der Waals surface area contributed by atoms with Crippen molar-refractivity contribution in [3.8, 4) is 0 Å². The minimum Gasteiger partial charge on any atom is -0.363 e. The van der Waals surface area contributed by atoms with Gasteiger partial charge in [-0.3, -0.25) is 0 Å². The predicted molar refractivity (Wildman–Crippen MR) is 70.3 cm³/mol. The van der Waals surface area contributed by atoms with Crippen LogP contribution in [0.3, 0.4) is 0 Å². The Morgan fingerprint density at radius 1 is 1.12 bits per heavy atom. The van der Waals surface area contributed by atoms with Gasteiger partial charge in [-0.2, -0.15) is 0 Å². The molecule has 90 valence electrons. The van der Waals surface area contributed by atoms with Crippen molar-refractivity contribution in [2.24, 2.45) is 17.8 Å². The van der Waals surface area contributed by atoms with Crippen molar-refractivity contribution in [2.75, 3.05) is 6.54 Å². The van der Waals surface area contributed by atoms with E-state index in [0.717, 1.165) is 29.4 Å². The molecule has 0 aliphatic heterocycles. The summed E-state index contributed by atoms with van der Waals surface area (Å²) in [6.45, 7) is 1.08. The summed E-state index contributed by atoms with van der Waals surface area (Å²) in [6, 6.07) is 0.683. The smallest absolute Gasteiger partial charge is 0.166 e. The molecule has 3 rings (SSSR count). The van der Waals surface area contributed by atoms with E-state index in [1.165, 1.54) is 44.9 Å². The van der Waals surface area contributed by atoms with Crippen LogP contribution in [0.25, 0.3) is 0 Å². The summed E-state index contributed by atoms with van der Waals surface area (Å²) in [5, 5.41) is 7.57. The van der Waals surface area contributed by atoms with Gasteiger partial charge in [0.2, 0.25) is 0 Å². The van der Waals surface area contributed by atoms with E-state index in [1.807, 2.05) is 0 Å². The van der Waals surface area contributed by atoms with Gasteiger partial charge in [-0.15, -0.1) is 0 Å². The van der Waals surface area contributed by atoms with Crippen LogP contribution in [0.2, 0.25) is 0 Å². The normalized spacial score (nSPS) is 36.4. The van der Waals surface area contributed by atoms with E-state index in [-0.39, 0.29) is 0 Å². The Morgan fingerprint density at radius 2 is 2.00 bits per heavy atom. The van der Waals surface area contributed by atoms with E-state index in [1.54, 1.807) is 0 Å². The summed E-state index contributed by atoms with van der Waals surface area (Å²) in [7, 11) is 0. The molecule has 0 spiro atoms. The molecule has 0 aromatic rings. The molecule has 3 aliphatic rings. The topological polar surface area (TPSA) is 24.1 Å². The number of rotatable bonds is 4. The second-order valence-electron chi connectivity index (χ2n) is 5.90. The molecule has 2 bridgehead atoms. The summed E-state index contributed by atoms with van der Waals surface area (Å²) < 4.78 is 0. The van der Waals surface area contributed by atoms with Crippen LogP contribution in [0.5, 0.6) is 0 Å². The predicted octanol–water partition coefficient (Wildman–Crippen LogP) is 2.44. The molecule has 3 fully saturated rings. The molecule has 16 heavy (non-hydrogen) atoms. The molecule has 0 amide bonds. The van der Waals surface area contributed by atoms with Crippen molar-refractivity contribution in [1.82, 2.24) is 10.6 Å². The van der Waals surface area contributed by atoms with Gasteiger partial charge in [0.15, 0.2) is 5.11 Å². The zero-order valence-corrected chi connectivity index (χ0v) is 10.7. The lowest BCUT2D eigenvalue weighted by Crippen LogP contribution is -2.37. The SMILES string of the molecule is S=C(NCC[C@H]1C[C@H]2CC[C@H]1C2)NC1CC1. The highest BCUT2D eigenvalue weighted by Gasteiger charge is 2.38. The van der Waals surface area contributed by atoms with Crippen molar-refractivity contribution in [3.05, 3.63) is 0 Å². The molecular weight excluding hydrogens is 216 g/mol. The van der Waals surface area contributed by atoms with Crippen LogP contribution in [0.4, 0.5) is 0 Å². The molecule has 2 N–H and O–H groups in total. The van der Waals surface area contributed by atoms with Crippen LogP contribution in [-0.2, 0) is 0 Å². The summed E-state index contributed by atoms with van der Waals surface area (Å²) in [4.78, 5) is 0. The molecule has 3 atom stereocenters. The number of hydrogen-bond donors (Lipinski definition) is 2. The molecule has 0 heterocycles. The maximum atomic E-state index is 5.25. The Kier molecular flexibility index (Phi) is 3.05. The van der Waals surface area contributed by atoms with Crippen LogP contribution in [-0.4, -0.2) is 17.7 Å². The van der Waals surface area contributed by atoms with Gasteiger partial charge < -0.3 is 10.6 Å². The average molecular weight is 238 g/mol. The first-order chi connectivity index (χ1) is 7.81. The van der Waals surface area contributed by atoms with Crippen LogP contribution in [0.1, 0.15) is 44.9 Å². The number of fused-ring (bicyclic) bond motifs is 2. The van der Waals surface area contributed by atoms with Crippen molar-refractivity contribution < 1.29 is 0 Å². The third kappa shape index (κ3) is 2.50. The van der Waals surface area contributed by atoms with E-state index >= 15 is 0 Å². The van der Waals surface area contributed by atoms with Gasteiger partial charge in [0, 0.05) is 12.6 Å². The molecule has 0 aromatic carbocycles. The molecule has 0 unspecified atom stereocenters. The quantitative estimate of drug-likeness (QED) is 0.736. The molecule has 3 aliphatic carbocycles. The highest BCUT2D eigenvalue weighted by atomic mass is 32.1. The Morgan fingerprint density at radius 3 is 2.62 bits per heavy atom. The Labute approximate surface area is 104 Å². The molecule has 0 saturated heterocycles. The zero-order chi connectivity index (χ0) is 11.0. The lowest BCUT2D eigenvalue weighted by Gasteiger charge is -2.21. The number of hydrogen-bond acceptors (Lipinski definition) is 1. The third-order valence-electron chi connectivity index (χ3n) is 4.60. The van der Waals surface area contributed by atoms with E-state index in [0.29, 0.717) is 6.04 Å². The van der Waals surface area contributed by atoms with Gasteiger partial charge in [-0.05, 0) is 68.5 Å². The number of nitrogens with one attached hydrogen (secondary N) is 2. The number of thiocarbonyl (C=S) groups is 1. The Balaban J connectivity index is 1.32. The van der Waals surface area contributed by atoms with Gasteiger partial charge in [0.05, 0.1) is 0 Å². The molecule has 2 nitrogen and oxygen atoms in total. The highest BCUT2D eigenvalue weighted by molar-refractivity contribution is 7.80. The average Bonchev–Trinajstić information content (AvgIpc) is 2.84. The second kappa shape index (κ2) is 4.52. The first-order valence-corrected chi connectivity index (χ1v) is 7.26. The third-order valence-corrected chi connectivity index (χ3v) is 4.86. The summed E-state index contributed by atoms with van der Waals surface area (Å²) in [6.07, 6.45) is 9.96. The Bertz CT molecular complexity index is 275. The Hall–Kier alpha value is -0.310. The van der Waals surface area contributed by atoms with E-state index in [9.17, 15) is 0 Å². The highest BCUT2D eigenvalue weighted by Crippen LogP contribution is 2.49. The van der Waals surface area contributed by atoms with Crippen LogP contribution < -0.4 is 10.6 Å². The van der Waals surface area contributed by atoms with Gasteiger partial charge in [0.25, 0.3) is 0 Å². The van der Waals surface area contributed by atoms with E-state index < -0.39 is 0 Å². The molecule has 3 heteroatoms. The fraction of sp³-hybridized carbons (Fsp3) is 0.923. The van der Waals surface area contributed by atoms with Crippen LogP contribution in [0, 0.1) is 17.8 Å². The molecule has 3 saturated carbocycles. The fourth-order valence-corrected chi connectivity index (χ4v) is 3.83. The maximum Gasteiger partial charge on any atom is 0.166 e. The van der Waals surface area contributed by atoms with E-state index in [2.05, 4.69) is 10.6 Å². The zero-order valence-electron chi connectivity index (χ0n) is 9.87. The molecule has 0 aromatic heterocycles. The minimum atomic E-state index is 0.683. The monoisotopic (exact) mass is 238 g/mol. The first kappa shape index (κ1) is 10.8.